The number of hydrogen-bond acceptors (Lipinski definition) is 4. The quantitative estimate of drug-likeness (QED) is 0.701. The molecule has 150 valence electrons. The van der Waals surface area contributed by atoms with Crippen molar-refractivity contribution in [1.82, 2.24) is 9.78 Å². The van der Waals surface area contributed by atoms with Gasteiger partial charge in [0.05, 0.1) is 29.2 Å². The Balaban J connectivity index is 1.66. The molecule has 3 aromatic rings. The van der Waals surface area contributed by atoms with Gasteiger partial charge in [-0.2, -0.15) is 5.10 Å². The van der Waals surface area contributed by atoms with Gasteiger partial charge in [0.15, 0.2) is 9.84 Å². The van der Waals surface area contributed by atoms with Gasteiger partial charge >= 0.3 is 0 Å². The molecule has 2 heterocycles. The van der Waals surface area contributed by atoms with Crippen LogP contribution in [0.5, 0.6) is 0 Å². The number of hydrogen-bond donors (Lipinski definition) is 1. The van der Waals surface area contributed by atoms with E-state index in [4.69, 9.17) is 0 Å². The number of carbonyl (C=O) groups excluding carboxylic acids is 1. The van der Waals surface area contributed by atoms with Crippen LogP contribution >= 0.6 is 0 Å². The molecule has 1 unspecified atom stereocenters. The van der Waals surface area contributed by atoms with E-state index in [0.717, 1.165) is 16.8 Å². The van der Waals surface area contributed by atoms with Crippen LogP contribution in [0.15, 0.2) is 66.7 Å². The van der Waals surface area contributed by atoms with Crippen molar-refractivity contribution in [2.24, 2.45) is 0 Å². The van der Waals surface area contributed by atoms with Crippen molar-refractivity contribution in [3.05, 3.63) is 83.6 Å². The topological polar surface area (TPSA) is 81.1 Å². The predicted octanol–water partition coefficient (Wildman–Crippen LogP) is 3.32. The van der Waals surface area contributed by atoms with E-state index in [1.807, 2.05) is 67.6 Å². The Morgan fingerprint density at radius 2 is 1.66 bits per heavy atom. The van der Waals surface area contributed by atoms with Gasteiger partial charge in [-0.15, -0.1) is 0 Å². The first kappa shape index (κ1) is 19.4. The lowest BCUT2D eigenvalue weighted by Crippen LogP contribution is -2.25. The molecule has 6 nitrogen and oxygen atoms in total. The molecule has 0 bridgehead atoms. The SMILES string of the molecule is Cc1cc(NC(=O)C(c2ccccc2)c2ccccc2)n(C2CCS(=O)(=O)C2)n1. The summed E-state index contributed by atoms with van der Waals surface area (Å²) in [6, 6.07) is 20.8. The lowest BCUT2D eigenvalue weighted by Gasteiger charge is -2.19. The largest absolute Gasteiger partial charge is 0.310 e. The monoisotopic (exact) mass is 409 g/mol. The van der Waals surface area contributed by atoms with Crippen molar-refractivity contribution in [2.75, 3.05) is 16.8 Å². The summed E-state index contributed by atoms with van der Waals surface area (Å²) in [6.45, 7) is 1.83. The molecule has 1 saturated heterocycles. The average molecular weight is 410 g/mol. The molecule has 1 fully saturated rings. The molecule has 1 N–H and O–H groups in total. The molecular formula is C22H23N3O3S. The fourth-order valence-electron chi connectivity index (χ4n) is 3.84. The molecule has 0 saturated carbocycles. The van der Waals surface area contributed by atoms with E-state index in [9.17, 15) is 13.2 Å². The number of aryl methyl sites for hydroxylation is 1. The second-order valence-corrected chi connectivity index (χ2v) is 9.64. The molecule has 7 heteroatoms. The summed E-state index contributed by atoms with van der Waals surface area (Å²) in [5.41, 5.74) is 2.52. The number of amides is 1. The first-order valence-electron chi connectivity index (χ1n) is 9.60. The molecular weight excluding hydrogens is 386 g/mol. The third kappa shape index (κ3) is 4.24. The Kier molecular flexibility index (Phi) is 5.24. The van der Waals surface area contributed by atoms with Gasteiger partial charge in [-0.1, -0.05) is 60.7 Å². The minimum Gasteiger partial charge on any atom is -0.310 e. The number of nitrogens with one attached hydrogen (secondary N) is 1. The fraction of sp³-hybridized carbons (Fsp3) is 0.273. The molecule has 1 aliphatic rings. The van der Waals surface area contributed by atoms with E-state index in [-0.39, 0.29) is 23.5 Å². The summed E-state index contributed by atoms with van der Waals surface area (Å²) in [6.07, 6.45) is 0.507. The van der Waals surface area contributed by atoms with Crippen LogP contribution in [0.25, 0.3) is 0 Å². The molecule has 1 atom stereocenters. The van der Waals surface area contributed by atoms with Crippen molar-refractivity contribution in [3.8, 4) is 0 Å². The Hall–Kier alpha value is -2.93. The number of rotatable bonds is 5. The predicted molar refractivity (Wildman–Crippen MR) is 113 cm³/mol. The highest BCUT2D eigenvalue weighted by molar-refractivity contribution is 7.91. The number of anilines is 1. The summed E-state index contributed by atoms with van der Waals surface area (Å²) in [5.74, 6) is 0.0857. The molecule has 29 heavy (non-hydrogen) atoms. The third-order valence-electron chi connectivity index (χ3n) is 5.19. The van der Waals surface area contributed by atoms with Gasteiger partial charge in [0.25, 0.3) is 0 Å². The number of nitrogens with zero attached hydrogens (tertiary/aromatic N) is 2. The summed E-state index contributed by atoms with van der Waals surface area (Å²) in [5, 5.41) is 7.45. The van der Waals surface area contributed by atoms with Crippen molar-refractivity contribution < 1.29 is 13.2 Å². The maximum absolute atomic E-state index is 13.3. The van der Waals surface area contributed by atoms with E-state index < -0.39 is 15.8 Å². The van der Waals surface area contributed by atoms with Gasteiger partial charge < -0.3 is 5.32 Å². The van der Waals surface area contributed by atoms with Gasteiger partial charge in [-0.05, 0) is 24.5 Å². The second-order valence-electron chi connectivity index (χ2n) is 7.42. The highest BCUT2D eigenvalue weighted by Crippen LogP contribution is 2.30. The molecule has 0 radical (unpaired) electrons. The summed E-state index contributed by atoms with van der Waals surface area (Å²) >= 11 is 0. The Bertz CT molecular complexity index is 1070. The Morgan fingerprint density at radius 1 is 1.07 bits per heavy atom. The zero-order valence-corrected chi connectivity index (χ0v) is 17.0. The van der Waals surface area contributed by atoms with E-state index in [1.165, 1.54) is 0 Å². The number of benzene rings is 2. The number of carbonyl (C=O) groups is 1. The smallest absolute Gasteiger partial charge is 0.237 e. The minimum atomic E-state index is -3.06. The molecule has 1 aliphatic heterocycles. The lowest BCUT2D eigenvalue weighted by molar-refractivity contribution is -0.116. The van der Waals surface area contributed by atoms with Crippen molar-refractivity contribution in [2.45, 2.75) is 25.3 Å². The lowest BCUT2D eigenvalue weighted by atomic mass is 9.90. The standard InChI is InChI=1S/C22H23N3O3S/c1-16-14-20(25(24-16)19-12-13-29(27,28)15-19)23-22(26)21(17-8-4-2-5-9-17)18-10-6-3-7-11-18/h2-11,14,19,21H,12-13,15H2,1H3,(H,23,26). The van der Waals surface area contributed by atoms with E-state index >= 15 is 0 Å². The van der Waals surface area contributed by atoms with Gasteiger partial charge in [0, 0.05) is 6.07 Å². The molecule has 4 rings (SSSR count). The van der Waals surface area contributed by atoms with Crippen LogP contribution < -0.4 is 5.32 Å². The fourth-order valence-corrected chi connectivity index (χ4v) is 5.53. The maximum atomic E-state index is 13.3. The second kappa shape index (κ2) is 7.83. The molecule has 0 spiro atoms. The number of aromatic nitrogens is 2. The van der Waals surface area contributed by atoms with Gasteiger partial charge in [-0.3, -0.25) is 4.79 Å². The number of sulfone groups is 1. The minimum absolute atomic E-state index is 0.0534. The Labute approximate surface area is 170 Å². The molecule has 1 aromatic heterocycles. The molecule has 1 amide bonds. The zero-order chi connectivity index (χ0) is 20.4. The Morgan fingerprint density at radius 3 is 2.17 bits per heavy atom. The van der Waals surface area contributed by atoms with Gasteiger partial charge in [0.2, 0.25) is 5.91 Å². The van der Waals surface area contributed by atoms with Crippen LogP contribution in [0.1, 0.15) is 35.2 Å². The highest BCUT2D eigenvalue weighted by Gasteiger charge is 2.32. The first-order valence-corrected chi connectivity index (χ1v) is 11.4. The molecule has 0 aliphatic carbocycles. The highest BCUT2D eigenvalue weighted by atomic mass is 32.2. The third-order valence-corrected chi connectivity index (χ3v) is 6.94. The van der Waals surface area contributed by atoms with Crippen molar-refractivity contribution in [1.29, 1.82) is 0 Å². The van der Waals surface area contributed by atoms with Gasteiger partial charge in [-0.25, -0.2) is 13.1 Å². The van der Waals surface area contributed by atoms with Crippen molar-refractivity contribution >= 4 is 21.6 Å². The van der Waals surface area contributed by atoms with Crippen LogP contribution in [-0.4, -0.2) is 35.6 Å². The molecule has 2 aromatic carbocycles. The van der Waals surface area contributed by atoms with Crippen LogP contribution in [0.2, 0.25) is 0 Å². The zero-order valence-electron chi connectivity index (χ0n) is 16.2. The van der Waals surface area contributed by atoms with E-state index in [1.54, 1.807) is 10.7 Å². The average Bonchev–Trinajstić information content (AvgIpc) is 3.25. The summed E-state index contributed by atoms with van der Waals surface area (Å²) in [4.78, 5) is 13.3. The van der Waals surface area contributed by atoms with Crippen molar-refractivity contribution in [3.63, 3.8) is 0 Å². The van der Waals surface area contributed by atoms with Gasteiger partial charge in [0.1, 0.15) is 5.82 Å². The van der Waals surface area contributed by atoms with Crippen LogP contribution in [-0.2, 0) is 14.6 Å². The summed E-state index contributed by atoms with van der Waals surface area (Å²) in [7, 11) is -3.06. The first-order chi connectivity index (χ1) is 13.9. The normalized spacial score (nSPS) is 18.1. The van der Waals surface area contributed by atoms with E-state index in [2.05, 4.69) is 10.4 Å². The van der Waals surface area contributed by atoms with Crippen LogP contribution in [0.4, 0.5) is 5.82 Å². The van der Waals surface area contributed by atoms with Crippen LogP contribution in [0.3, 0.4) is 0 Å². The maximum Gasteiger partial charge on any atom is 0.237 e. The van der Waals surface area contributed by atoms with Crippen LogP contribution in [0, 0.1) is 6.92 Å². The summed E-state index contributed by atoms with van der Waals surface area (Å²) < 4.78 is 25.5. The van der Waals surface area contributed by atoms with E-state index in [0.29, 0.717) is 12.2 Å².